The largest absolute Gasteiger partial charge is 0.382 e. The van der Waals surface area contributed by atoms with Crippen LogP contribution in [-0.2, 0) is 6.54 Å². The van der Waals surface area contributed by atoms with E-state index < -0.39 is 0 Å². The Bertz CT molecular complexity index is 658. The van der Waals surface area contributed by atoms with Gasteiger partial charge >= 0.3 is 5.69 Å². The van der Waals surface area contributed by atoms with Gasteiger partial charge in [0.1, 0.15) is 11.3 Å². The summed E-state index contributed by atoms with van der Waals surface area (Å²) >= 11 is 0. The van der Waals surface area contributed by atoms with E-state index in [0.717, 1.165) is 25.9 Å². The summed E-state index contributed by atoms with van der Waals surface area (Å²) in [6.45, 7) is 4.49. The van der Waals surface area contributed by atoms with Crippen molar-refractivity contribution < 1.29 is 0 Å². The molecule has 0 radical (unpaired) electrons. The van der Waals surface area contributed by atoms with Crippen LogP contribution in [-0.4, -0.2) is 32.6 Å². The number of halogens is 1. The second-order valence-corrected chi connectivity index (χ2v) is 5.09. The zero-order chi connectivity index (χ0) is 13.4. The first kappa shape index (κ1) is 14.8. The Morgan fingerprint density at radius 1 is 1.35 bits per heavy atom. The van der Waals surface area contributed by atoms with Crippen molar-refractivity contribution in [3.8, 4) is 0 Å². The molecular formula is C12H19ClN6O. The van der Waals surface area contributed by atoms with Gasteiger partial charge in [0.2, 0.25) is 0 Å². The number of aryl methyl sites for hydroxylation is 1. The standard InChI is InChI=1S/C12H18N6O.ClH/c1-7-15-10(13)9-11(16-7)18(12(19)17-9)6-8-2-4-14-5-3-8;/h8,14H,2-6H2,1H3,(H,17,19)(H2,13,15,16);1H. The summed E-state index contributed by atoms with van der Waals surface area (Å²) in [7, 11) is 0. The van der Waals surface area contributed by atoms with Gasteiger partial charge < -0.3 is 16.0 Å². The van der Waals surface area contributed by atoms with E-state index in [-0.39, 0.29) is 18.1 Å². The fraction of sp³-hybridized carbons (Fsp3) is 0.583. The van der Waals surface area contributed by atoms with Crippen molar-refractivity contribution in [2.45, 2.75) is 26.3 Å². The Hall–Kier alpha value is -1.60. The van der Waals surface area contributed by atoms with Gasteiger partial charge in [-0.25, -0.2) is 14.8 Å². The van der Waals surface area contributed by atoms with Gasteiger partial charge in [0, 0.05) is 6.54 Å². The molecule has 0 unspecified atom stereocenters. The topological polar surface area (TPSA) is 102 Å². The number of nitrogen functional groups attached to an aromatic ring is 1. The number of H-pyrrole nitrogens is 1. The number of fused-ring (bicyclic) bond motifs is 1. The van der Waals surface area contributed by atoms with Crippen molar-refractivity contribution in [1.29, 1.82) is 0 Å². The molecule has 0 amide bonds. The normalized spacial score (nSPS) is 16.2. The highest BCUT2D eigenvalue weighted by atomic mass is 35.5. The first-order chi connectivity index (χ1) is 9.15. The minimum absolute atomic E-state index is 0. The van der Waals surface area contributed by atoms with Crippen molar-refractivity contribution in [2.24, 2.45) is 5.92 Å². The molecule has 7 nitrogen and oxygen atoms in total. The third-order valence-electron chi connectivity index (χ3n) is 3.66. The second-order valence-electron chi connectivity index (χ2n) is 5.09. The summed E-state index contributed by atoms with van der Waals surface area (Å²) in [6, 6.07) is 0. The predicted molar refractivity (Wildman–Crippen MR) is 80.1 cm³/mol. The minimum atomic E-state index is -0.153. The van der Waals surface area contributed by atoms with Gasteiger partial charge in [-0.05, 0) is 38.8 Å². The quantitative estimate of drug-likeness (QED) is 0.746. The average molecular weight is 299 g/mol. The van der Waals surface area contributed by atoms with Crippen LogP contribution in [0.1, 0.15) is 18.7 Å². The van der Waals surface area contributed by atoms with E-state index in [9.17, 15) is 4.79 Å². The molecule has 3 heterocycles. The molecule has 2 aromatic heterocycles. The van der Waals surface area contributed by atoms with Crippen LogP contribution in [0.3, 0.4) is 0 Å². The van der Waals surface area contributed by atoms with Gasteiger partial charge in [-0.15, -0.1) is 12.4 Å². The maximum absolute atomic E-state index is 12.0. The lowest BCUT2D eigenvalue weighted by Gasteiger charge is -2.22. The number of aromatic nitrogens is 4. The zero-order valence-corrected chi connectivity index (χ0v) is 12.2. The molecule has 2 aromatic rings. The molecule has 110 valence electrons. The minimum Gasteiger partial charge on any atom is -0.382 e. The van der Waals surface area contributed by atoms with Gasteiger partial charge in [0.15, 0.2) is 11.5 Å². The van der Waals surface area contributed by atoms with Crippen molar-refractivity contribution in [3.05, 3.63) is 16.3 Å². The highest BCUT2D eigenvalue weighted by molar-refractivity contribution is 5.85. The second kappa shape index (κ2) is 5.80. The Balaban J connectivity index is 0.00000147. The molecule has 0 atom stereocenters. The van der Waals surface area contributed by atoms with Crippen LogP contribution in [0.25, 0.3) is 11.2 Å². The number of nitrogens with one attached hydrogen (secondary N) is 2. The fourth-order valence-corrected chi connectivity index (χ4v) is 2.66. The van der Waals surface area contributed by atoms with Gasteiger partial charge in [0.05, 0.1) is 0 Å². The molecule has 1 aliphatic rings. The van der Waals surface area contributed by atoms with Crippen molar-refractivity contribution >= 4 is 29.4 Å². The van der Waals surface area contributed by atoms with E-state index in [2.05, 4.69) is 20.3 Å². The number of anilines is 1. The molecule has 0 aliphatic carbocycles. The number of piperidine rings is 1. The van der Waals surface area contributed by atoms with E-state index >= 15 is 0 Å². The van der Waals surface area contributed by atoms with Gasteiger partial charge in [-0.1, -0.05) is 0 Å². The predicted octanol–water partition coefficient (Wildman–Crippen LogP) is 0.432. The third kappa shape index (κ3) is 2.64. The first-order valence-corrected chi connectivity index (χ1v) is 6.58. The Morgan fingerprint density at radius 2 is 2.05 bits per heavy atom. The number of nitrogens with two attached hydrogens (primary N) is 1. The van der Waals surface area contributed by atoms with Gasteiger partial charge in [-0.3, -0.25) is 4.57 Å². The van der Waals surface area contributed by atoms with Crippen LogP contribution < -0.4 is 16.7 Å². The van der Waals surface area contributed by atoms with Crippen LogP contribution in [0.4, 0.5) is 5.82 Å². The third-order valence-corrected chi connectivity index (χ3v) is 3.66. The van der Waals surface area contributed by atoms with Crippen molar-refractivity contribution in [3.63, 3.8) is 0 Å². The number of imidazole rings is 1. The van der Waals surface area contributed by atoms with Crippen LogP contribution in [0.15, 0.2) is 4.79 Å². The van der Waals surface area contributed by atoms with Crippen LogP contribution >= 0.6 is 12.4 Å². The monoisotopic (exact) mass is 298 g/mol. The molecular weight excluding hydrogens is 280 g/mol. The van der Waals surface area contributed by atoms with E-state index in [1.807, 2.05) is 0 Å². The molecule has 4 N–H and O–H groups in total. The van der Waals surface area contributed by atoms with E-state index in [4.69, 9.17) is 5.73 Å². The molecule has 1 saturated heterocycles. The Kier molecular flexibility index (Phi) is 4.29. The molecule has 8 heteroatoms. The van der Waals surface area contributed by atoms with E-state index in [0.29, 0.717) is 35.3 Å². The van der Waals surface area contributed by atoms with Crippen LogP contribution in [0, 0.1) is 12.8 Å². The van der Waals surface area contributed by atoms with Gasteiger partial charge in [0.25, 0.3) is 0 Å². The van der Waals surface area contributed by atoms with Crippen LogP contribution in [0.2, 0.25) is 0 Å². The molecule has 0 spiro atoms. The van der Waals surface area contributed by atoms with Crippen LogP contribution in [0.5, 0.6) is 0 Å². The molecule has 0 saturated carbocycles. The number of nitrogens with zero attached hydrogens (tertiary/aromatic N) is 3. The van der Waals surface area contributed by atoms with E-state index in [1.165, 1.54) is 0 Å². The Labute approximate surface area is 122 Å². The Morgan fingerprint density at radius 3 is 2.75 bits per heavy atom. The zero-order valence-electron chi connectivity index (χ0n) is 11.3. The number of aromatic amines is 1. The summed E-state index contributed by atoms with van der Waals surface area (Å²) in [5.41, 5.74) is 6.84. The molecule has 3 rings (SSSR count). The highest BCUT2D eigenvalue weighted by Gasteiger charge is 2.18. The van der Waals surface area contributed by atoms with Crippen molar-refractivity contribution in [1.82, 2.24) is 24.8 Å². The lowest BCUT2D eigenvalue weighted by molar-refractivity contribution is 0.333. The smallest absolute Gasteiger partial charge is 0.327 e. The summed E-state index contributed by atoms with van der Waals surface area (Å²) < 4.78 is 1.69. The van der Waals surface area contributed by atoms with Gasteiger partial charge in [-0.2, -0.15) is 0 Å². The molecule has 20 heavy (non-hydrogen) atoms. The average Bonchev–Trinajstić information content (AvgIpc) is 2.69. The maximum atomic E-state index is 12.0. The summed E-state index contributed by atoms with van der Waals surface area (Å²) in [4.78, 5) is 23.2. The highest BCUT2D eigenvalue weighted by Crippen LogP contribution is 2.18. The summed E-state index contributed by atoms with van der Waals surface area (Å²) in [5.74, 6) is 1.43. The summed E-state index contributed by atoms with van der Waals surface area (Å²) in [6.07, 6.45) is 2.16. The first-order valence-electron chi connectivity index (χ1n) is 6.58. The SMILES string of the molecule is Cc1nc(N)c2[nH]c(=O)n(CC3CCNCC3)c2n1.Cl. The number of hydrogen-bond acceptors (Lipinski definition) is 5. The molecule has 0 bridgehead atoms. The molecule has 0 aromatic carbocycles. The number of hydrogen-bond donors (Lipinski definition) is 3. The van der Waals surface area contributed by atoms with Crippen molar-refractivity contribution in [2.75, 3.05) is 18.8 Å². The fourth-order valence-electron chi connectivity index (χ4n) is 2.66. The lowest BCUT2D eigenvalue weighted by atomic mass is 9.98. The number of rotatable bonds is 2. The molecule has 1 fully saturated rings. The molecule has 1 aliphatic heterocycles. The maximum Gasteiger partial charge on any atom is 0.327 e. The summed E-state index contributed by atoms with van der Waals surface area (Å²) in [5, 5.41) is 3.32. The lowest BCUT2D eigenvalue weighted by Crippen LogP contribution is -2.32. The van der Waals surface area contributed by atoms with E-state index in [1.54, 1.807) is 11.5 Å².